The number of hydrogen-bond donors (Lipinski definition) is 1. The summed E-state index contributed by atoms with van der Waals surface area (Å²) in [5.74, 6) is 1.72. The molecule has 3 rings (SSSR count). The van der Waals surface area contributed by atoms with Gasteiger partial charge >= 0.3 is 0 Å². The number of nitrogens with zero attached hydrogens (tertiary/aromatic N) is 3. The van der Waals surface area contributed by atoms with E-state index in [2.05, 4.69) is 10.4 Å². The summed E-state index contributed by atoms with van der Waals surface area (Å²) in [5.41, 5.74) is 0.551. The van der Waals surface area contributed by atoms with Crippen molar-refractivity contribution in [2.24, 2.45) is 0 Å². The first-order valence-electron chi connectivity index (χ1n) is 8.82. The van der Waals surface area contributed by atoms with Crippen molar-refractivity contribution in [2.75, 3.05) is 26.6 Å². The Kier molecular flexibility index (Phi) is 6.18. The van der Waals surface area contributed by atoms with Gasteiger partial charge in [-0.1, -0.05) is 6.07 Å². The molecule has 0 bridgehead atoms. The van der Waals surface area contributed by atoms with Crippen LogP contribution in [0.25, 0.3) is 0 Å². The highest BCUT2D eigenvalue weighted by Gasteiger charge is 2.17. The molecule has 1 aromatic carbocycles. The van der Waals surface area contributed by atoms with Crippen LogP contribution in [-0.4, -0.2) is 41.6 Å². The fraction of sp³-hybridized carbons (Fsp3) is 0.250. The maximum Gasteiger partial charge on any atom is 0.250 e. The molecule has 0 saturated carbocycles. The molecule has 0 saturated heterocycles. The number of rotatable bonds is 8. The summed E-state index contributed by atoms with van der Waals surface area (Å²) in [6.07, 6.45) is 3.14. The lowest BCUT2D eigenvalue weighted by molar-refractivity contribution is -0.116. The lowest BCUT2D eigenvalue weighted by Crippen LogP contribution is -2.27. The summed E-state index contributed by atoms with van der Waals surface area (Å²) in [7, 11) is 4.63. The summed E-state index contributed by atoms with van der Waals surface area (Å²) in [5, 5.41) is 7.05. The van der Waals surface area contributed by atoms with Gasteiger partial charge in [0, 0.05) is 23.9 Å². The van der Waals surface area contributed by atoms with Crippen molar-refractivity contribution in [3.05, 3.63) is 64.7 Å². The van der Waals surface area contributed by atoms with E-state index in [1.54, 1.807) is 55.6 Å². The molecule has 1 N–H and O–H groups in total. The zero-order valence-corrected chi connectivity index (χ0v) is 16.4. The first-order valence-corrected chi connectivity index (χ1v) is 8.82. The van der Waals surface area contributed by atoms with Crippen molar-refractivity contribution in [3.8, 4) is 17.2 Å². The molecule has 9 heteroatoms. The molecule has 29 heavy (non-hydrogen) atoms. The molecular formula is C20H22N4O5. The summed E-state index contributed by atoms with van der Waals surface area (Å²) >= 11 is 0. The van der Waals surface area contributed by atoms with Gasteiger partial charge in [0.05, 0.1) is 34.1 Å². The van der Waals surface area contributed by atoms with Crippen LogP contribution < -0.4 is 25.1 Å². The minimum absolute atomic E-state index is 0.0927. The van der Waals surface area contributed by atoms with Crippen LogP contribution in [0.2, 0.25) is 0 Å². The summed E-state index contributed by atoms with van der Waals surface area (Å²) in [4.78, 5) is 24.1. The molecule has 0 spiro atoms. The number of ether oxygens (including phenoxy) is 3. The van der Waals surface area contributed by atoms with Crippen LogP contribution in [0.3, 0.4) is 0 Å². The van der Waals surface area contributed by atoms with Crippen molar-refractivity contribution in [3.63, 3.8) is 0 Å². The van der Waals surface area contributed by atoms with Gasteiger partial charge in [0.1, 0.15) is 12.4 Å². The Bertz CT molecular complexity index is 1060. The molecule has 0 aliphatic rings. The highest BCUT2D eigenvalue weighted by Crippen LogP contribution is 2.40. The van der Waals surface area contributed by atoms with E-state index >= 15 is 0 Å². The molecule has 152 valence electrons. The molecule has 2 heterocycles. The molecule has 0 aliphatic heterocycles. The van der Waals surface area contributed by atoms with E-state index in [0.717, 1.165) is 5.56 Å². The average molecular weight is 398 g/mol. The number of amides is 1. The summed E-state index contributed by atoms with van der Waals surface area (Å²) in [6, 6.07) is 10.0. The highest BCUT2D eigenvalue weighted by molar-refractivity contribution is 5.89. The zero-order valence-electron chi connectivity index (χ0n) is 16.4. The van der Waals surface area contributed by atoms with E-state index in [0.29, 0.717) is 29.6 Å². The van der Waals surface area contributed by atoms with Crippen molar-refractivity contribution in [1.29, 1.82) is 0 Å². The molecular weight excluding hydrogens is 376 g/mol. The average Bonchev–Trinajstić information content (AvgIpc) is 3.15. The second-order valence-electron chi connectivity index (χ2n) is 6.08. The maximum atomic E-state index is 12.4. The summed E-state index contributed by atoms with van der Waals surface area (Å²) < 4.78 is 19.2. The lowest BCUT2D eigenvalue weighted by Gasteiger charge is -2.16. The minimum Gasteiger partial charge on any atom is -0.493 e. The number of pyridine rings is 1. The van der Waals surface area contributed by atoms with Gasteiger partial charge in [0.2, 0.25) is 11.7 Å². The number of methoxy groups -OCH3 is 3. The standard InChI is InChI=1S/C20H22N4O5/c1-27-15-8-7-14(19(28-2)20(15)29-3)12-24-16(9-10-21-24)22-17(25)13-23-11-5-4-6-18(23)26/h4-11H,12-13H2,1-3H3,(H,22,25). The van der Waals surface area contributed by atoms with E-state index < -0.39 is 0 Å². The van der Waals surface area contributed by atoms with Gasteiger partial charge in [-0.05, 0) is 18.2 Å². The Balaban J connectivity index is 1.80. The Hall–Kier alpha value is -3.75. The number of nitrogens with one attached hydrogen (secondary N) is 1. The van der Waals surface area contributed by atoms with Crippen LogP contribution in [0.1, 0.15) is 5.56 Å². The van der Waals surface area contributed by atoms with E-state index in [-0.39, 0.29) is 18.0 Å². The highest BCUT2D eigenvalue weighted by atomic mass is 16.5. The van der Waals surface area contributed by atoms with E-state index in [9.17, 15) is 9.59 Å². The van der Waals surface area contributed by atoms with Crippen molar-refractivity contribution >= 4 is 11.7 Å². The third kappa shape index (κ3) is 4.40. The third-order valence-corrected chi connectivity index (χ3v) is 4.30. The van der Waals surface area contributed by atoms with Gasteiger partial charge in [0.25, 0.3) is 5.56 Å². The Morgan fingerprint density at radius 2 is 1.83 bits per heavy atom. The smallest absolute Gasteiger partial charge is 0.250 e. The van der Waals surface area contributed by atoms with Gasteiger partial charge in [0.15, 0.2) is 11.5 Å². The molecule has 0 atom stereocenters. The second-order valence-corrected chi connectivity index (χ2v) is 6.08. The van der Waals surface area contributed by atoms with Gasteiger partial charge in [-0.15, -0.1) is 0 Å². The molecule has 3 aromatic rings. The van der Waals surface area contributed by atoms with Gasteiger partial charge in [-0.2, -0.15) is 5.10 Å². The lowest BCUT2D eigenvalue weighted by atomic mass is 10.1. The number of benzene rings is 1. The fourth-order valence-electron chi connectivity index (χ4n) is 2.94. The predicted molar refractivity (Wildman–Crippen MR) is 107 cm³/mol. The largest absolute Gasteiger partial charge is 0.493 e. The predicted octanol–water partition coefficient (Wildman–Crippen LogP) is 1.76. The molecule has 9 nitrogen and oxygen atoms in total. The topological polar surface area (TPSA) is 96.6 Å². The monoisotopic (exact) mass is 398 g/mol. The van der Waals surface area contributed by atoms with Crippen LogP contribution in [0.5, 0.6) is 17.2 Å². The van der Waals surface area contributed by atoms with Crippen LogP contribution in [-0.2, 0) is 17.9 Å². The maximum absolute atomic E-state index is 12.4. The second kappa shape index (κ2) is 8.96. The van der Waals surface area contributed by atoms with Crippen LogP contribution in [0.15, 0.2) is 53.6 Å². The number of anilines is 1. The molecule has 1 amide bonds. The first kappa shape index (κ1) is 20.0. The van der Waals surface area contributed by atoms with Crippen LogP contribution in [0.4, 0.5) is 5.82 Å². The van der Waals surface area contributed by atoms with E-state index in [1.807, 2.05) is 6.07 Å². The van der Waals surface area contributed by atoms with Gasteiger partial charge in [-0.25, -0.2) is 4.68 Å². The number of hydrogen-bond acceptors (Lipinski definition) is 6. The van der Waals surface area contributed by atoms with Crippen molar-refractivity contribution in [2.45, 2.75) is 13.1 Å². The first-order chi connectivity index (χ1) is 14.1. The molecule has 0 unspecified atom stereocenters. The van der Waals surface area contributed by atoms with E-state index in [4.69, 9.17) is 14.2 Å². The molecule has 0 radical (unpaired) electrons. The minimum atomic E-state index is -0.334. The Morgan fingerprint density at radius 1 is 1.03 bits per heavy atom. The van der Waals surface area contributed by atoms with Crippen molar-refractivity contribution in [1.82, 2.24) is 14.3 Å². The van der Waals surface area contributed by atoms with Crippen molar-refractivity contribution < 1.29 is 19.0 Å². The van der Waals surface area contributed by atoms with Gasteiger partial charge in [-0.3, -0.25) is 9.59 Å². The van der Waals surface area contributed by atoms with Crippen LogP contribution in [0, 0.1) is 0 Å². The number of aromatic nitrogens is 3. The third-order valence-electron chi connectivity index (χ3n) is 4.30. The quantitative estimate of drug-likeness (QED) is 0.621. The van der Waals surface area contributed by atoms with E-state index in [1.165, 1.54) is 17.7 Å². The number of carbonyl (C=O) groups is 1. The SMILES string of the molecule is COc1ccc(Cn2nccc2NC(=O)Cn2ccccc2=O)c(OC)c1OC. The molecule has 0 aliphatic carbocycles. The normalized spacial score (nSPS) is 10.4. The number of carbonyl (C=O) groups excluding carboxylic acids is 1. The summed E-state index contributed by atoms with van der Waals surface area (Å²) in [6.45, 7) is 0.238. The zero-order chi connectivity index (χ0) is 20.8. The molecule has 0 fully saturated rings. The fourth-order valence-corrected chi connectivity index (χ4v) is 2.94. The Labute approximate surface area is 167 Å². The van der Waals surface area contributed by atoms with Gasteiger partial charge < -0.3 is 24.1 Å². The Morgan fingerprint density at radius 3 is 2.52 bits per heavy atom. The van der Waals surface area contributed by atoms with Crippen LogP contribution >= 0.6 is 0 Å². The molecule has 2 aromatic heterocycles.